The number of rotatable bonds is 16. The van der Waals surface area contributed by atoms with Crippen LogP contribution in [0, 0.1) is 0 Å². The molecule has 2 amide bonds. The second kappa shape index (κ2) is 18.3. The SMILES string of the molecule is CCOc1ccc2[nH]cc(C[C@H](NC(=O)c3ccc4c(c3)nc(-c3ccc(C(=O)NCCNS(=O)(=O)c5cccc6c(N(C)C)cccc56)cc3)n4C3CCCCC3)C(=O)O)c2c1. The van der Waals surface area contributed by atoms with Gasteiger partial charge in [-0.3, -0.25) is 9.59 Å². The summed E-state index contributed by atoms with van der Waals surface area (Å²) in [5, 5.41) is 18.0. The molecule has 1 aliphatic rings. The molecule has 2 heterocycles. The number of hydrogen-bond donors (Lipinski definition) is 5. The van der Waals surface area contributed by atoms with E-state index in [4.69, 9.17) is 9.72 Å². The highest BCUT2D eigenvalue weighted by atomic mass is 32.2. The second-order valence-electron chi connectivity index (χ2n) is 16.1. The second-order valence-corrected chi connectivity index (χ2v) is 17.8. The van der Waals surface area contributed by atoms with Crippen molar-refractivity contribution in [2.45, 2.75) is 62.4 Å². The van der Waals surface area contributed by atoms with Crippen LogP contribution in [-0.2, 0) is 21.2 Å². The van der Waals surface area contributed by atoms with E-state index in [-0.39, 0.29) is 41.9 Å². The van der Waals surface area contributed by atoms with Gasteiger partial charge in [0.25, 0.3) is 11.8 Å². The molecule has 5 N–H and O–H groups in total. The number of aromatic nitrogens is 3. The van der Waals surface area contributed by atoms with E-state index in [0.29, 0.717) is 34.6 Å². The van der Waals surface area contributed by atoms with E-state index in [1.807, 2.05) is 80.5 Å². The number of H-pyrrole nitrogens is 1. The smallest absolute Gasteiger partial charge is 0.326 e. The molecule has 63 heavy (non-hydrogen) atoms. The highest BCUT2D eigenvalue weighted by Crippen LogP contribution is 2.37. The molecule has 0 unspecified atom stereocenters. The third kappa shape index (κ3) is 9.11. The Labute approximate surface area is 365 Å². The van der Waals surface area contributed by atoms with Crippen LogP contribution in [0.4, 0.5) is 5.69 Å². The molecule has 7 aromatic rings. The van der Waals surface area contributed by atoms with Gasteiger partial charge in [-0.05, 0) is 86.0 Å². The molecule has 1 atom stereocenters. The lowest BCUT2D eigenvalue weighted by atomic mass is 9.94. The third-order valence-electron chi connectivity index (χ3n) is 11.7. The lowest BCUT2D eigenvalue weighted by Crippen LogP contribution is -2.42. The molecule has 1 saturated carbocycles. The van der Waals surface area contributed by atoms with Gasteiger partial charge in [0.05, 0.1) is 22.5 Å². The minimum atomic E-state index is -3.87. The Bertz CT molecular complexity index is 2930. The fourth-order valence-corrected chi connectivity index (χ4v) is 9.85. The first-order chi connectivity index (χ1) is 30.4. The molecule has 326 valence electrons. The summed E-state index contributed by atoms with van der Waals surface area (Å²) in [5.41, 5.74) is 5.43. The molecule has 0 saturated heterocycles. The van der Waals surface area contributed by atoms with E-state index in [9.17, 15) is 27.9 Å². The van der Waals surface area contributed by atoms with Crippen LogP contribution in [-0.4, -0.2) is 85.7 Å². The van der Waals surface area contributed by atoms with E-state index < -0.39 is 27.9 Å². The van der Waals surface area contributed by atoms with Gasteiger partial charge in [-0.25, -0.2) is 22.9 Å². The molecule has 0 spiro atoms. The Morgan fingerprint density at radius 2 is 1.62 bits per heavy atom. The molecular weight excluding hydrogens is 819 g/mol. The number of aromatic amines is 1. The fourth-order valence-electron chi connectivity index (χ4n) is 8.60. The van der Waals surface area contributed by atoms with Crippen LogP contribution in [0.5, 0.6) is 5.75 Å². The first-order valence-electron chi connectivity index (χ1n) is 21.3. The number of imidazole rings is 1. The number of nitrogens with one attached hydrogen (secondary N) is 4. The number of amides is 2. The highest BCUT2D eigenvalue weighted by Gasteiger charge is 2.26. The van der Waals surface area contributed by atoms with Crippen molar-refractivity contribution in [2.75, 3.05) is 38.7 Å². The minimum Gasteiger partial charge on any atom is -0.494 e. The van der Waals surface area contributed by atoms with Crippen LogP contribution in [0.3, 0.4) is 0 Å². The number of nitrogens with zero attached hydrogens (tertiary/aromatic N) is 3. The lowest BCUT2D eigenvalue weighted by Gasteiger charge is -2.25. The maximum absolute atomic E-state index is 13.7. The predicted molar refractivity (Wildman–Crippen MR) is 245 cm³/mol. The molecule has 5 aromatic carbocycles. The van der Waals surface area contributed by atoms with Crippen molar-refractivity contribution in [3.63, 3.8) is 0 Å². The quantitative estimate of drug-likeness (QED) is 0.0615. The van der Waals surface area contributed by atoms with Crippen molar-refractivity contribution in [1.82, 2.24) is 29.9 Å². The van der Waals surface area contributed by atoms with Crippen molar-refractivity contribution >= 4 is 66.2 Å². The largest absolute Gasteiger partial charge is 0.494 e. The predicted octanol–water partition coefficient (Wildman–Crippen LogP) is 7.44. The normalized spacial score (nSPS) is 13.9. The topological polar surface area (TPSA) is 188 Å². The van der Waals surface area contributed by atoms with Gasteiger partial charge >= 0.3 is 5.97 Å². The van der Waals surface area contributed by atoms with Crippen LogP contribution in [0.15, 0.2) is 108 Å². The average Bonchev–Trinajstić information content (AvgIpc) is 3.88. The molecule has 0 radical (unpaired) electrons. The molecular formula is C48H51N7O7S. The maximum atomic E-state index is 13.7. The number of sulfonamides is 1. The Hall–Kier alpha value is -6.71. The summed E-state index contributed by atoms with van der Waals surface area (Å²) < 4.78 is 37.2. The molecule has 2 aromatic heterocycles. The zero-order valence-corrected chi connectivity index (χ0v) is 36.3. The minimum absolute atomic E-state index is 0.00187. The van der Waals surface area contributed by atoms with Gasteiger partial charge in [0, 0.05) is 89.9 Å². The number of carboxylic acids is 1. The van der Waals surface area contributed by atoms with Gasteiger partial charge in [0.1, 0.15) is 17.6 Å². The van der Waals surface area contributed by atoms with E-state index >= 15 is 0 Å². The Morgan fingerprint density at radius 3 is 2.37 bits per heavy atom. The number of aliphatic carboxylic acids is 1. The lowest BCUT2D eigenvalue weighted by molar-refractivity contribution is -0.139. The van der Waals surface area contributed by atoms with E-state index in [1.54, 1.807) is 48.7 Å². The third-order valence-corrected chi connectivity index (χ3v) is 13.2. The summed E-state index contributed by atoms with van der Waals surface area (Å²) in [4.78, 5) is 49.7. The molecule has 0 bridgehead atoms. The van der Waals surface area contributed by atoms with Gasteiger partial charge in [-0.15, -0.1) is 0 Å². The highest BCUT2D eigenvalue weighted by molar-refractivity contribution is 7.89. The number of carbonyl (C=O) groups excluding carboxylic acids is 2. The van der Waals surface area contributed by atoms with Gasteiger partial charge in [0.2, 0.25) is 10.0 Å². The number of carboxylic acid groups (broad SMARTS) is 1. The number of hydrogen-bond acceptors (Lipinski definition) is 8. The maximum Gasteiger partial charge on any atom is 0.326 e. The summed E-state index contributed by atoms with van der Waals surface area (Å²) in [6, 6.07) is 27.7. The van der Waals surface area contributed by atoms with E-state index in [1.165, 1.54) is 0 Å². The van der Waals surface area contributed by atoms with E-state index in [2.05, 4.69) is 24.9 Å². The molecule has 1 fully saturated rings. The zero-order valence-electron chi connectivity index (χ0n) is 35.5. The molecule has 1 aliphatic carbocycles. The van der Waals surface area contributed by atoms with Gasteiger partial charge in [-0.2, -0.15) is 0 Å². The molecule has 0 aliphatic heterocycles. The summed E-state index contributed by atoms with van der Waals surface area (Å²) in [7, 11) is -0.0497. The average molecular weight is 870 g/mol. The van der Waals surface area contributed by atoms with Gasteiger partial charge in [-0.1, -0.05) is 55.7 Å². The van der Waals surface area contributed by atoms with E-state index in [0.717, 1.165) is 70.7 Å². The summed E-state index contributed by atoms with van der Waals surface area (Å²) in [6.07, 6.45) is 7.10. The Balaban J connectivity index is 0.962. The first kappa shape index (κ1) is 43.0. The van der Waals surface area contributed by atoms with Crippen molar-refractivity contribution < 1.29 is 32.6 Å². The van der Waals surface area contributed by atoms with Crippen LogP contribution in [0.25, 0.3) is 44.1 Å². The standard InChI is InChI=1S/C48H51N7O7S/c1-4-62-35-21-22-39-38(28-35)33(29-50-39)27-41(48(58)59)53-47(57)32-20-23-43-40(26-32)52-45(55(43)34-10-6-5-7-11-34)30-16-18-31(19-17-30)46(56)49-24-25-51-63(60,61)44-15-9-12-36-37(44)13-8-14-42(36)54(2)3/h8-9,12-23,26,28-29,34,41,50-51H,4-7,10-11,24-25,27H2,1-3H3,(H,49,56)(H,53,57)(H,58,59)/t41-/m0/s1. The van der Waals surface area contributed by atoms with Crippen LogP contribution < -0.4 is 25.0 Å². The van der Waals surface area contributed by atoms with Crippen LogP contribution in [0.2, 0.25) is 0 Å². The van der Waals surface area contributed by atoms with Crippen molar-refractivity contribution in [1.29, 1.82) is 0 Å². The number of fused-ring (bicyclic) bond motifs is 3. The van der Waals surface area contributed by atoms with Gasteiger partial charge < -0.3 is 34.9 Å². The van der Waals surface area contributed by atoms with Crippen molar-refractivity contribution in [2.24, 2.45) is 0 Å². The first-order valence-corrected chi connectivity index (χ1v) is 22.8. The number of ether oxygens (including phenoxy) is 1. The summed E-state index contributed by atoms with van der Waals surface area (Å²) in [6.45, 7) is 2.47. The molecule has 8 rings (SSSR count). The fraction of sp³-hybridized carbons (Fsp3) is 0.292. The Morgan fingerprint density at radius 1 is 0.873 bits per heavy atom. The van der Waals surface area contributed by atoms with Crippen LogP contribution >= 0.6 is 0 Å². The van der Waals surface area contributed by atoms with Gasteiger partial charge in [0.15, 0.2) is 0 Å². The van der Waals surface area contributed by atoms with Crippen LogP contribution in [0.1, 0.15) is 71.3 Å². The zero-order chi connectivity index (χ0) is 44.3. The molecule has 14 nitrogen and oxygen atoms in total. The summed E-state index contributed by atoms with van der Waals surface area (Å²) in [5.74, 6) is -0.644. The monoisotopic (exact) mass is 869 g/mol. The number of anilines is 1. The summed E-state index contributed by atoms with van der Waals surface area (Å²) >= 11 is 0. The van der Waals surface area contributed by atoms with Crippen molar-refractivity contribution in [3.05, 3.63) is 120 Å². The number of benzene rings is 5. The van der Waals surface area contributed by atoms with Crippen molar-refractivity contribution in [3.8, 4) is 17.1 Å². The molecule has 15 heteroatoms. The number of carbonyl (C=O) groups is 3. The Kier molecular flexibility index (Phi) is 12.5.